The van der Waals surface area contributed by atoms with Crippen LogP contribution in [0.1, 0.15) is 24.2 Å². The third-order valence-electron chi connectivity index (χ3n) is 5.54. The summed E-state index contributed by atoms with van der Waals surface area (Å²) in [4.78, 5) is 17.6. The first-order valence-corrected chi connectivity index (χ1v) is 11.9. The molecule has 2 aliphatic rings. The zero-order valence-corrected chi connectivity index (χ0v) is 20.2. The maximum atomic E-state index is 13.1. The standard InChI is InChI=1S/C29H30N2O4/c1-4-15-33-16-17-34-29(32)23-10-8-7-9-22(23)28-24-13-11-20(30-5-2)18-26(24)35-27-19-21(31-6-3)12-14-25(27)28/h4,7-14,18-19,30H,1,5-6,15-17H2,2-3H3/b31-21+. The average molecular weight is 471 g/mol. The molecule has 1 heterocycles. The first kappa shape index (κ1) is 24.2. The van der Waals surface area contributed by atoms with Crippen molar-refractivity contribution in [2.24, 2.45) is 4.99 Å². The molecular weight excluding hydrogens is 440 g/mol. The molecule has 0 amide bonds. The molecule has 0 saturated carbocycles. The normalized spacial score (nSPS) is 11.7. The Bertz CT molecular complexity index is 1370. The van der Waals surface area contributed by atoms with Crippen LogP contribution in [0.25, 0.3) is 33.4 Å². The monoisotopic (exact) mass is 470 g/mol. The van der Waals surface area contributed by atoms with E-state index in [0.717, 1.165) is 45.2 Å². The molecular formula is C29H30N2O4. The van der Waals surface area contributed by atoms with Crippen LogP contribution >= 0.6 is 0 Å². The number of esters is 1. The molecule has 0 atom stereocenters. The minimum absolute atomic E-state index is 0.167. The molecule has 1 N–H and O–H groups in total. The second-order valence-corrected chi connectivity index (χ2v) is 7.92. The van der Waals surface area contributed by atoms with Crippen LogP contribution in [0.15, 0.2) is 82.7 Å². The van der Waals surface area contributed by atoms with Gasteiger partial charge in [0.2, 0.25) is 0 Å². The second-order valence-electron chi connectivity index (χ2n) is 7.92. The molecule has 4 rings (SSSR count). The fraction of sp³-hybridized carbons (Fsp3) is 0.241. The van der Waals surface area contributed by atoms with Crippen molar-refractivity contribution in [1.82, 2.24) is 0 Å². The number of hydrogen-bond donors (Lipinski definition) is 1. The maximum Gasteiger partial charge on any atom is 0.338 e. The average Bonchev–Trinajstić information content (AvgIpc) is 2.87. The second kappa shape index (κ2) is 11.5. The van der Waals surface area contributed by atoms with Crippen LogP contribution in [0, 0.1) is 0 Å². The summed E-state index contributed by atoms with van der Waals surface area (Å²) in [6.45, 7) is 10.1. The molecule has 0 bridgehead atoms. The van der Waals surface area contributed by atoms with Gasteiger partial charge in [0.15, 0.2) is 0 Å². The number of benzene rings is 3. The molecule has 180 valence electrons. The highest BCUT2D eigenvalue weighted by molar-refractivity contribution is 6.08. The maximum absolute atomic E-state index is 13.1. The summed E-state index contributed by atoms with van der Waals surface area (Å²) in [6, 6.07) is 19.5. The summed E-state index contributed by atoms with van der Waals surface area (Å²) in [6.07, 6.45) is 1.66. The van der Waals surface area contributed by atoms with Crippen LogP contribution in [0.4, 0.5) is 5.69 Å². The van der Waals surface area contributed by atoms with E-state index in [4.69, 9.17) is 13.9 Å². The molecule has 6 heteroatoms. The highest BCUT2D eigenvalue weighted by Crippen LogP contribution is 2.41. The van der Waals surface area contributed by atoms with Crippen molar-refractivity contribution in [3.8, 4) is 22.5 Å². The summed E-state index contributed by atoms with van der Waals surface area (Å²) in [7, 11) is 0. The Labute approximate surface area is 205 Å². The minimum Gasteiger partial charge on any atom is -0.460 e. The molecule has 35 heavy (non-hydrogen) atoms. The molecule has 2 aromatic rings. The van der Waals surface area contributed by atoms with Crippen molar-refractivity contribution < 1.29 is 18.7 Å². The molecule has 0 spiro atoms. The van der Waals surface area contributed by atoms with Crippen molar-refractivity contribution >= 4 is 22.6 Å². The number of fused-ring (bicyclic) bond motifs is 2. The van der Waals surface area contributed by atoms with Crippen molar-refractivity contribution in [2.75, 3.05) is 38.2 Å². The van der Waals surface area contributed by atoms with Gasteiger partial charge < -0.3 is 19.2 Å². The fourth-order valence-electron chi connectivity index (χ4n) is 4.08. The lowest BCUT2D eigenvalue weighted by Crippen LogP contribution is -2.12. The highest BCUT2D eigenvalue weighted by Gasteiger charge is 2.22. The number of nitrogens with zero attached hydrogens (tertiary/aromatic N) is 1. The summed E-state index contributed by atoms with van der Waals surface area (Å²) < 4.78 is 17.2. The Balaban J connectivity index is 1.87. The lowest BCUT2D eigenvalue weighted by molar-refractivity contribution is 0.0354. The predicted molar refractivity (Wildman–Crippen MR) is 140 cm³/mol. The van der Waals surface area contributed by atoms with Crippen molar-refractivity contribution in [2.45, 2.75) is 13.8 Å². The number of anilines is 1. The van der Waals surface area contributed by atoms with E-state index in [2.05, 4.69) is 23.8 Å². The Morgan fingerprint density at radius 1 is 1.06 bits per heavy atom. The Morgan fingerprint density at radius 3 is 2.71 bits per heavy atom. The summed E-state index contributed by atoms with van der Waals surface area (Å²) in [5.74, 6) is 0.309. The van der Waals surface area contributed by atoms with Crippen molar-refractivity contribution in [3.63, 3.8) is 0 Å². The van der Waals surface area contributed by atoms with Gasteiger partial charge in [-0.3, -0.25) is 4.99 Å². The highest BCUT2D eigenvalue weighted by atomic mass is 16.6. The fourth-order valence-corrected chi connectivity index (χ4v) is 4.08. The van der Waals surface area contributed by atoms with Gasteiger partial charge in [-0.15, -0.1) is 6.58 Å². The van der Waals surface area contributed by atoms with Crippen LogP contribution in [0.2, 0.25) is 0 Å². The molecule has 0 saturated heterocycles. The molecule has 6 nitrogen and oxygen atoms in total. The number of carbonyl (C=O) groups is 1. The van der Waals surface area contributed by atoms with E-state index in [1.54, 1.807) is 12.1 Å². The molecule has 0 unspecified atom stereocenters. The zero-order chi connectivity index (χ0) is 24.6. The van der Waals surface area contributed by atoms with Gasteiger partial charge in [-0.2, -0.15) is 0 Å². The SMILES string of the molecule is C=CCOCCOC(=O)c1ccccc1-c1c2cc/c(=N\CC)cc-2oc2cc(NCC)ccc12. The van der Waals surface area contributed by atoms with Gasteiger partial charge in [0.1, 0.15) is 18.0 Å². The van der Waals surface area contributed by atoms with Gasteiger partial charge in [0.05, 0.1) is 24.1 Å². The van der Waals surface area contributed by atoms with E-state index in [1.807, 2.05) is 61.5 Å². The van der Waals surface area contributed by atoms with Crippen LogP contribution in [0.3, 0.4) is 0 Å². The number of ether oxygens (including phenoxy) is 2. The van der Waals surface area contributed by atoms with Crippen LogP contribution in [-0.4, -0.2) is 38.9 Å². The van der Waals surface area contributed by atoms with Crippen molar-refractivity contribution in [3.05, 3.63) is 84.2 Å². The molecule has 0 aromatic heterocycles. The third kappa shape index (κ3) is 5.44. The summed E-state index contributed by atoms with van der Waals surface area (Å²) in [5.41, 5.74) is 4.78. The van der Waals surface area contributed by atoms with Gasteiger partial charge in [-0.1, -0.05) is 24.3 Å². The summed E-state index contributed by atoms with van der Waals surface area (Å²) in [5, 5.41) is 5.10. The zero-order valence-electron chi connectivity index (χ0n) is 20.2. The van der Waals surface area contributed by atoms with E-state index in [1.165, 1.54) is 0 Å². The summed E-state index contributed by atoms with van der Waals surface area (Å²) >= 11 is 0. The van der Waals surface area contributed by atoms with Gasteiger partial charge >= 0.3 is 5.97 Å². The van der Waals surface area contributed by atoms with E-state index in [0.29, 0.717) is 31.1 Å². The van der Waals surface area contributed by atoms with Crippen LogP contribution < -0.4 is 10.7 Å². The lowest BCUT2D eigenvalue weighted by atomic mass is 9.90. The smallest absolute Gasteiger partial charge is 0.338 e. The van der Waals surface area contributed by atoms with Gasteiger partial charge in [0, 0.05) is 47.4 Å². The largest absolute Gasteiger partial charge is 0.460 e. The van der Waals surface area contributed by atoms with E-state index in [9.17, 15) is 4.79 Å². The number of hydrogen-bond acceptors (Lipinski definition) is 6. The number of rotatable bonds is 10. The minimum atomic E-state index is -0.397. The van der Waals surface area contributed by atoms with Crippen LogP contribution in [-0.2, 0) is 9.47 Å². The Morgan fingerprint density at radius 2 is 1.91 bits per heavy atom. The van der Waals surface area contributed by atoms with Crippen LogP contribution in [0.5, 0.6) is 0 Å². The molecule has 1 aliphatic heterocycles. The molecule has 0 radical (unpaired) electrons. The van der Waals surface area contributed by atoms with E-state index >= 15 is 0 Å². The third-order valence-corrected chi connectivity index (χ3v) is 5.54. The molecule has 1 aliphatic carbocycles. The molecule has 0 fully saturated rings. The first-order valence-electron chi connectivity index (χ1n) is 11.9. The number of carbonyl (C=O) groups excluding carboxylic acids is 1. The Kier molecular flexibility index (Phi) is 7.95. The number of nitrogens with one attached hydrogen (secondary N) is 1. The first-order chi connectivity index (χ1) is 17.2. The Hall–Kier alpha value is -3.90. The van der Waals surface area contributed by atoms with E-state index < -0.39 is 5.97 Å². The molecule has 2 aromatic carbocycles. The lowest BCUT2D eigenvalue weighted by Gasteiger charge is -2.18. The van der Waals surface area contributed by atoms with Gasteiger partial charge in [-0.05, 0) is 49.7 Å². The van der Waals surface area contributed by atoms with Gasteiger partial charge in [0.25, 0.3) is 0 Å². The van der Waals surface area contributed by atoms with Crippen molar-refractivity contribution in [1.29, 1.82) is 0 Å². The predicted octanol–water partition coefficient (Wildman–Crippen LogP) is 5.92. The van der Waals surface area contributed by atoms with Gasteiger partial charge in [-0.25, -0.2) is 4.79 Å². The van der Waals surface area contributed by atoms with E-state index in [-0.39, 0.29) is 6.61 Å². The topological polar surface area (TPSA) is 73.1 Å². The quantitative estimate of drug-likeness (QED) is 0.135.